The Morgan fingerprint density at radius 1 is 1.19 bits per heavy atom. The van der Waals surface area contributed by atoms with Gasteiger partial charge in [-0.1, -0.05) is 55.0 Å². The fourth-order valence-corrected chi connectivity index (χ4v) is 3.38. The number of hydrogen-bond donors (Lipinski definition) is 0. The summed E-state index contributed by atoms with van der Waals surface area (Å²) in [7, 11) is 0. The van der Waals surface area contributed by atoms with Crippen LogP contribution in [0.3, 0.4) is 0 Å². The molecule has 0 N–H and O–H groups in total. The summed E-state index contributed by atoms with van der Waals surface area (Å²) < 4.78 is 5.44. The van der Waals surface area contributed by atoms with E-state index in [2.05, 4.69) is 5.10 Å². The summed E-state index contributed by atoms with van der Waals surface area (Å²) in [6.07, 6.45) is 0.837. The maximum Gasteiger partial charge on any atom is 0.345 e. The van der Waals surface area contributed by atoms with Gasteiger partial charge >= 0.3 is 5.63 Å². The summed E-state index contributed by atoms with van der Waals surface area (Å²) in [5, 5.41) is 6.86. The number of rotatable bonds is 3. The van der Waals surface area contributed by atoms with Crippen molar-refractivity contribution in [2.45, 2.75) is 32.7 Å². The predicted octanol–water partition coefficient (Wildman–Crippen LogP) is 4.19. The molecule has 2 aromatic carbocycles. The van der Waals surface area contributed by atoms with Crippen molar-refractivity contribution >= 4 is 22.6 Å². The number of nitrogens with zero attached hydrogens (tertiary/aromatic N) is 2. The van der Waals surface area contributed by atoms with Crippen LogP contribution < -0.4 is 5.63 Å². The first-order chi connectivity index (χ1) is 13.1. The lowest BCUT2D eigenvalue weighted by atomic mass is 9.98. The Balaban J connectivity index is 1.77. The molecule has 1 aliphatic rings. The molecule has 136 valence electrons. The molecule has 5 heteroatoms. The molecule has 4 rings (SSSR count). The van der Waals surface area contributed by atoms with Gasteiger partial charge in [-0.05, 0) is 24.6 Å². The molecule has 1 aliphatic heterocycles. The van der Waals surface area contributed by atoms with Gasteiger partial charge in [0.2, 0.25) is 5.91 Å². The first-order valence-corrected chi connectivity index (χ1v) is 9.06. The van der Waals surface area contributed by atoms with E-state index in [0.29, 0.717) is 29.7 Å². The summed E-state index contributed by atoms with van der Waals surface area (Å²) in [5.41, 5.74) is 3.27. The fraction of sp³-hybridized carbons (Fsp3) is 0.227. The van der Waals surface area contributed by atoms with Crippen LogP contribution in [-0.2, 0) is 4.79 Å². The predicted molar refractivity (Wildman–Crippen MR) is 105 cm³/mol. The molecule has 2 heterocycles. The molecule has 0 saturated carbocycles. The normalized spacial score (nSPS) is 16.6. The number of benzene rings is 2. The average Bonchev–Trinajstić information content (AvgIpc) is 3.12. The van der Waals surface area contributed by atoms with Crippen LogP contribution in [-0.4, -0.2) is 16.6 Å². The number of carbonyl (C=O) groups is 1. The number of amides is 1. The van der Waals surface area contributed by atoms with Crippen LogP contribution in [0.1, 0.15) is 42.5 Å². The lowest BCUT2D eigenvalue weighted by Gasteiger charge is -2.21. The monoisotopic (exact) mass is 360 g/mol. The maximum atomic E-state index is 12.5. The Hall–Kier alpha value is -3.21. The number of aryl methyl sites for hydroxylation is 1. The van der Waals surface area contributed by atoms with Gasteiger partial charge in [-0.25, -0.2) is 9.80 Å². The van der Waals surface area contributed by atoms with Gasteiger partial charge in [0.15, 0.2) is 0 Å². The molecule has 0 fully saturated rings. The second-order valence-electron chi connectivity index (χ2n) is 6.75. The van der Waals surface area contributed by atoms with E-state index < -0.39 is 5.63 Å². The Bertz CT molecular complexity index is 1100. The number of carbonyl (C=O) groups excluding carboxylic acids is 1. The SMILES string of the molecule is CCC(=O)N1N=C(c2cc3ccccc3oc2=O)C[C@H]1c1ccc(C)cc1. The zero-order chi connectivity index (χ0) is 19.0. The molecule has 5 nitrogen and oxygen atoms in total. The second-order valence-corrected chi connectivity index (χ2v) is 6.75. The summed E-state index contributed by atoms with van der Waals surface area (Å²) in [6.45, 7) is 3.84. The molecule has 27 heavy (non-hydrogen) atoms. The average molecular weight is 360 g/mol. The zero-order valence-corrected chi connectivity index (χ0v) is 15.3. The minimum atomic E-state index is -0.430. The Kier molecular flexibility index (Phi) is 4.36. The Morgan fingerprint density at radius 3 is 2.67 bits per heavy atom. The molecule has 0 saturated heterocycles. The van der Waals surface area contributed by atoms with Crippen LogP contribution in [0.15, 0.2) is 68.9 Å². The minimum absolute atomic E-state index is 0.0687. The third-order valence-electron chi connectivity index (χ3n) is 4.88. The number of hydrogen-bond acceptors (Lipinski definition) is 4. The molecule has 0 unspecified atom stereocenters. The van der Waals surface area contributed by atoms with Crippen molar-refractivity contribution in [1.29, 1.82) is 0 Å². The van der Waals surface area contributed by atoms with Crippen LogP contribution in [0.25, 0.3) is 11.0 Å². The van der Waals surface area contributed by atoms with E-state index in [-0.39, 0.29) is 11.9 Å². The molecule has 1 aromatic heterocycles. The second kappa shape index (κ2) is 6.83. The number of hydrazone groups is 1. The van der Waals surface area contributed by atoms with E-state index in [0.717, 1.165) is 16.5 Å². The van der Waals surface area contributed by atoms with Gasteiger partial charge < -0.3 is 4.42 Å². The maximum absolute atomic E-state index is 12.5. The van der Waals surface area contributed by atoms with E-state index in [1.54, 1.807) is 12.1 Å². The van der Waals surface area contributed by atoms with Gasteiger partial charge in [-0.15, -0.1) is 0 Å². The van der Waals surface area contributed by atoms with Crippen molar-refractivity contribution in [3.05, 3.63) is 81.7 Å². The summed E-state index contributed by atoms with van der Waals surface area (Å²) in [5.74, 6) is -0.0687. The van der Waals surface area contributed by atoms with E-state index in [1.165, 1.54) is 5.01 Å². The highest BCUT2D eigenvalue weighted by molar-refractivity contribution is 6.04. The quantitative estimate of drug-likeness (QED) is 0.658. The van der Waals surface area contributed by atoms with E-state index in [4.69, 9.17) is 4.42 Å². The molecule has 0 spiro atoms. The molecule has 1 atom stereocenters. The van der Waals surface area contributed by atoms with Crippen LogP contribution in [0, 0.1) is 6.92 Å². The molecular formula is C22H20N2O3. The largest absolute Gasteiger partial charge is 0.422 e. The van der Waals surface area contributed by atoms with Crippen molar-refractivity contribution < 1.29 is 9.21 Å². The van der Waals surface area contributed by atoms with Gasteiger partial charge in [0.25, 0.3) is 0 Å². The molecule has 0 radical (unpaired) electrons. The van der Waals surface area contributed by atoms with E-state index >= 15 is 0 Å². The smallest absolute Gasteiger partial charge is 0.345 e. The van der Waals surface area contributed by atoms with E-state index in [9.17, 15) is 9.59 Å². The van der Waals surface area contributed by atoms with Gasteiger partial charge in [0.1, 0.15) is 5.58 Å². The number of fused-ring (bicyclic) bond motifs is 1. The topological polar surface area (TPSA) is 62.9 Å². The van der Waals surface area contributed by atoms with Crippen LogP contribution in [0.2, 0.25) is 0 Å². The summed E-state index contributed by atoms with van der Waals surface area (Å²) in [4.78, 5) is 25.0. The van der Waals surface area contributed by atoms with Gasteiger partial charge in [-0.3, -0.25) is 4.79 Å². The third-order valence-corrected chi connectivity index (χ3v) is 4.88. The van der Waals surface area contributed by atoms with Crippen LogP contribution in [0.5, 0.6) is 0 Å². The lowest BCUT2D eigenvalue weighted by molar-refractivity contribution is -0.132. The zero-order valence-electron chi connectivity index (χ0n) is 15.3. The first kappa shape index (κ1) is 17.2. The van der Waals surface area contributed by atoms with Crippen LogP contribution >= 0.6 is 0 Å². The van der Waals surface area contributed by atoms with Gasteiger partial charge in [-0.2, -0.15) is 5.10 Å². The highest BCUT2D eigenvalue weighted by Gasteiger charge is 2.33. The van der Waals surface area contributed by atoms with E-state index in [1.807, 2.05) is 56.3 Å². The molecular weight excluding hydrogens is 340 g/mol. The first-order valence-electron chi connectivity index (χ1n) is 9.06. The molecule has 1 amide bonds. The van der Waals surface area contributed by atoms with Crippen molar-refractivity contribution in [1.82, 2.24) is 5.01 Å². The fourth-order valence-electron chi connectivity index (χ4n) is 3.38. The van der Waals surface area contributed by atoms with Crippen LogP contribution in [0.4, 0.5) is 0 Å². The highest BCUT2D eigenvalue weighted by Crippen LogP contribution is 2.33. The molecule has 0 aliphatic carbocycles. The lowest BCUT2D eigenvalue weighted by Crippen LogP contribution is -2.26. The molecule has 3 aromatic rings. The van der Waals surface area contributed by atoms with Gasteiger partial charge in [0, 0.05) is 18.2 Å². The standard InChI is InChI=1S/C22H20N2O3/c1-3-21(25)24-19(15-10-8-14(2)9-11-15)13-18(23-24)17-12-16-6-4-5-7-20(16)27-22(17)26/h4-12,19H,3,13H2,1-2H3/t19-/m0/s1. The van der Waals surface area contributed by atoms with Crippen molar-refractivity contribution in [2.24, 2.45) is 5.10 Å². The number of para-hydroxylation sites is 1. The van der Waals surface area contributed by atoms with Crippen molar-refractivity contribution in [3.8, 4) is 0 Å². The Morgan fingerprint density at radius 2 is 1.93 bits per heavy atom. The third kappa shape index (κ3) is 3.16. The molecule has 0 bridgehead atoms. The Labute approximate surface area is 156 Å². The van der Waals surface area contributed by atoms with Gasteiger partial charge in [0.05, 0.1) is 17.3 Å². The minimum Gasteiger partial charge on any atom is -0.422 e. The van der Waals surface area contributed by atoms with Crippen molar-refractivity contribution in [3.63, 3.8) is 0 Å². The summed E-state index contributed by atoms with van der Waals surface area (Å²) >= 11 is 0. The highest BCUT2D eigenvalue weighted by atomic mass is 16.4. The van der Waals surface area contributed by atoms with Crippen molar-refractivity contribution in [2.75, 3.05) is 0 Å². The summed E-state index contributed by atoms with van der Waals surface area (Å²) in [6, 6.07) is 17.0.